The third-order valence-electron chi connectivity index (χ3n) is 6.83. The zero-order valence-electron chi connectivity index (χ0n) is 20.6. The van der Waals surface area contributed by atoms with Crippen LogP contribution in [0.2, 0.25) is 0 Å². The number of nitro benzene ring substituents is 1. The lowest BCUT2D eigenvalue weighted by atomic mass is 10.1. The van der Waals surface area contributed by atoms with Gasteiger partial charge in [-0.2, -0.15) is 26.3 Å². The predicted molar refractivity (Wildman–Crippen MR) is 129 cm³/mol. The molecule has 2 saturated heterocycles. The number of rotatable bonds is 7. The molecule has 1 N–H and O–H groups in total. The molecule has 212 valence electrons. The lowest BCUT2D eigenvalue weighted by Gasteiger charge is -2.36. The van der Waals surface area contributed by atoms with E-state index in [1.54, 1.807) is 4.90 Å². The van der Waals surface area contributed by atoms with Gasteiger partial charge in [0.1, 0.15) is 11.3 Å². The normalized spacial score (nSPS) is 18.9. The van der Waals surface area contributed by atoms with Crippen LogP contribution in [0.5, 0.6) is 0 Å². The highest BCUT2D eigenvalue weighted by atomic mass is 19.4. The predicted octanol–water partition coefficient (Wildman–Crippen LogP) is 4.25. The number of nitro groups is 1. The van der Waals surface area contributed by atoms with Crippen LogP contribution in [0, 0.1) is 10.1 Å². The number of alkyl halides is 6. The molecule has 0 radical (unpaired) electrons. The summed E-state index contributed by atoms with van der Waals surface area (Å²) in [4.78, 5) is 31.7. The summed E-state index contributed by atoms with van der Waals surface area (Å²) >= 11 is 0. The molecule has 3 heterocycles. The first kappa shape index (κ1) is 28.4. The van der Waals surface area contributed by atoms with Gasteiger partial charge in [-0.3, -0.25) is 19.8 Å². The summed E-state index contributed by atoms with van der Waals surface area (Å²) in [6, 6.07) is 4.80. The Morgan fingerprint density at radius 2 is 1.74 bits per heavy atom. The second-order valence-electron chi connectivity index (χ2n) is 9.43. The molecule has 9 nitrogen and oxygen atoms in total. The highest BCUT2D eigenvalue weighted by Crippen LogP contribution is 2.38. The lowest BCUT2D eigenvalue weighted by Crippen LogP contribution is -2.47. The fourth-order valence-corrected chi connectivity index (χ4v) is 4.73. The van der Waals surface area contributed by atoms with Gasteiger partial charge in [-0.1, -0.05) is 0 Å². The lowest BCUT2D eigenvalue weighted by molar-refractivity contribution is -0.388. The third kappa shape index (κ3) is 7.07. The van der Waals surface area contributed by atoms with E-state index < -0.39 is 34.2 Å². The maximum absolute atomic E-state index is 13.2. The average Bonchev–Trinajstić information content (AvgIpc) is 3.35. The molecule has 1 atom stereocenters. The molecule has 1 amide bonds. The molecule has 0 spiro atoms. The molecule has 1 aromatic heterocycles. The summed E-state index contributed by atoms with van der Waals surface area (Å²) in [5.74, 6) is -0.0895. The van der Waals surface area contributed by atoms with Crippen LogP contribution in [0.25, 0.3) is 0 Å². The molecule has 39 heavy (non-hydrogen) atoms. The van der Waals surface area contributed by atoms with Crippen molar-refractivity contribution in [2.75, 3.05) is 56.0 Å². The van der Waals surface area contributed by atoms with Crippen molar-refractivity contribution in [1.82, 2.24) is 14.8 Å². The number of carbonyl (C=O) groups is 1. The van der Waals surface area contributed by atoms with Crippen LogP contribution >= 0.6 is 0 Å². The summed E-state index contributed by atoms with van der Waals surface area (Å²) < 4.78 is 77.8. The monoisotopic (exact) mass is 560 g/mol. The summed E-state index contributed by atoms with van der Waals surface area (Å²) in [5.41, 5.74) is -2.61. The first-order chi connectivity index (χ1) is 18.3. The van der Waals surface area contributed by atoms with E-state index in [4.69, 9.17) is 0 Å². The molecule has 0 saturated carbocycles. The van der Waals surface area contributed by atoms with Gasteiger partial charge < -0.3 is 15.1 Å². The Kier molecular flexibility index (Phi) is 8.18. The SMILES string of the molecule is O=C(CCN1CCN(c2ccc(C(F)(F)F)nc2)CC1)N1CCC(Nc2ccc([N+](=O)[O-])c(C(F)(F)F)c2)C1. The van der Waals surface area contributed by atoms with Crippen LogP contribution in [-0.2, 0) is 17.1 Å². The van der Waals surface area contributed by atoms with Gasteiger partial charge in [-0.25, -0.2) is 4.98 Å². The highest BCUT2D eigenvalue weighted by molar-refractivity contribution is 5.77. The van der Waals surface area contributed by atoms with Gasteiger partial charge in [0.05, 0.1) is 16.8 Å². The van der Waals surface area contributed by atoms with Gasteiger partial charge >= 0.3 is 12.4 Å². The molecule has 2 fully saturated rings. The van der Waals surface area contributed by atoms with Crippen LogP contribution in [0.1, 0.15) is 24.1 Å². The van der Waals surface area contributed by atoms with Crippen LogP contribution in [0.3, 0.4) is 0 Å². The number of hydrogen-bond donors (Lipinski definition) is 1. The molecule has 2 aliphatic heterocycles. The maximum Gasteiger partial charge on any atom is 0.433 e. The summed E-state index contributed by atoms with van der Waals surface area (Å²) in [5, 5.41) is 13.9. The first-order valence-corrected chi connectivity index (χ1v) is 12.2. The van der Waals surface area contributed by atoms with Gasteiger partial charge in [-0.05, 0) is 30.7 Å². The number of anilines is 2. The van der Waals surface area contributed by atoms with Gasteiger partial charge in [0.25, 0.3) is 5.69 Å². The molecular weight excluding hydrogens is 534 g/mol. The summed E-state index contributed by atoms with van der Waals surface area (Å²) in [7, 11) is 0. The van der Waals surface area contributed by atoms with E-state index >= 15 is 0 Å². The Bertz CT molecular complexity index is 1180. The Morgan fingerprint density at radius 1 is 1.03 bits per heavy atom. The average molecular weight is 560 g/mol. The Morgan fingerprint density at radius 3 is 2.33 bits per heavy atom. The maximum atomic E-state index is 13.2. The first-order valence-electron chi connectivity index (χ1n) is 12.2. The van der Waals surface area contributed by atoms with Crippen molar-refractivity contribution < 1.29 is 36.1 Å². The van der Waals surface area contributed by atoms with Crippen LogP contribution in [0.4, 0.5) is 43.4 Å². The minimum atomic E-state index is -4.88. The number of nitrogens with zero attached hydrogens (tertiary/aromatic N) is 5. The number of aromatic nitrogens is 1. The van der Waals surface area contributed by atoms with Crippen LogP contribution in [0.15, 0.2) is 36.5 Å². The van der Waals surface area contributed by atoms with Crippen LogP contribution in [-0.4, -0.2) is 77.5 Å². The molecule has 4 rings (SSSR count). The molecule has 2 aromatic rings. The number of amides is 1. The van der Waals surface area contributed by atoms with Crippen molar-refractivity contribution in [1.29, 1.82) is 0 Å². The molecule has 1 aromatic carbocycles. The van der Waals surface area contributed by atoms with E-state index in [1.165, 1.54) is 18.3 Å². The van der Waals surface area contributed by atoms with Gasteiger partial charge in [0, 0.05) is 70.0 Å². The molecule has 2 aliphatic rings. The van der Waals surface area contributed by atoms with Crippen LogP contribution < -0.4 is 10.2 Å². The Balaban J connectivity index is 1.22. The number of halogens is 6. The van der Waals surface area contributed by atoms with Crippen molar-refractivity contribution in [2.24, 2.45) is 0 Å². The van der Waals surface area contributed by atoms with Gasteiger partial charge in [0.15, 0.2) is 0 Å². The van der Waals surface area contributed by atoms with E-state index in [2.05, 4.69) is 15.2 Å². The van der Waals surface area contributed by atoms with Crippen molar-refractivity contribution in [2.45, 2.75) is 31.2 Å². The molecule has 0 bridgehead atoms. The quantitative estimate of drug-likeness (QED) is 0.307. The second kappa shape index (κ2) is 11.2. The number of pyridine rings is 1. The topological polar surface area (TPSA) is 94.9 Å². The number of piperazine rings is 1. The second-order valence-corrected chi connectivity index (χ2v) is 9.43. The van der Waals surface area contributed by atoms with E-state index in [-0.39, 0.29) is 24.1 Å². The standard InChI is InChI=1S/C24H26F6N6O3/c25-23(26,27)19-13-16(1-3-20(19)36(38)39)32-17-5-8-35(15-17)22(37)6-7-33-9-11-34(12-10-33)18-2-4-21(31-14-18)24(28,29)30/h1-4,13-14,17,32H,5-12,15H2. The Labute approximate surface area is 219 Å². The van der Waals surface area contributed by atoms with Crippen molar-refractivity contribution in [3.05, 3.63) is 57.9 Å². The number of likely N-dealkylation sites (tertiary alicyclic amines) is 1. The fourth-order valence-electron chi connectivity index (χ4n) is 4.73. The number of carbonyl (C=O) groups excluding carboxylic acids is 1. The zero-order chi connectivity index (χ0) is 28.4. The molecular formula is C24H26F6N6O3. The molecule has 0 aliphatic carbocycles. The van der Waals surface area contributed by atoms with E-state index in [9.17, 15) is 41.3 Å². The number of nitrogens with one attached hydrogen (secondary N) is 1. The molecule has 15 heteroatoms. The van der Waals surface area contributed by atoms with Gasteiger partial charge in [-0.15, -0.1) is 0 Å². The minimum Gasteiger partial charge on any atom is -0.380 e. The number of benzene rings is 1. The highest BCUT2D eigenvalue weighted by Gasteiger charge is 2.39. The smallest absolute Gasteiger partial charge is 0.380 e. The summed E-state index contributed by atoms with van der Waals surface area (Å²) in [6.45, 7) is 3.64. The van der Waals surface area contributed by atoms with E-state index in [0.717, 1.165) is 12.1 Å². The zero-order valence-corrected chi connectivity index (χ0v) is 20.6. The van der Waals surface area contributed by atoms with E-state index in [0.29, 0.717) is 64.0 Å². The van der Waals surface area contributed by atoms with E-state index in [1.807, 2.05) is 4.90 Å². The largest absolute Gasteiger partial charge is 0.433 e. The summed E-state index contributed by atoms with van der Waals surface area (Å²) in [6.07, 6.45) is -7.39. The van der Waals surface area contributed by atoms with Crippen molar-refractivity contribution >= 4 is 23.0 Å². The minimum absolute atomic E-state index is 0.0895. The Hall–Kier alpha value is -3.62. The van der Waals surface area contributed by atoms with Crippen molar-refractivity contribution in [3.8, 4) is 0 Å². The third-order valence-corrected chi connectivity index (χ3v) is 6.83. The fraction of sp³-hybridized carbons (Fsp3) is 0.500. The molecule has 1 unspecified atom stereocenters. The van der Waals surface area contributed by atoms with Crippen molar-refractivity contribution in [3.63, 3.8) is 0 Å². The van der Waals surface area contributed by atoms with Gasteiger partial charge in [0.2, 0.25) is 5.91 Å². The number of hydrogen-bond acceptors (Lipinski definition) is 7.